The molecule has 232 valence electrons. The maximum Gasteiger partial charge on any atom is 0.418 e. The normalized spacial score (nSPS) is 11.8. The molecule has 0 saturated heterocycles. The second kappa shape index (κ2) is 12.9. The zero-order valence-corrected chi connectivity index (χ0v) is 24.8. The molecule has 0 aliphatic carbocycles. The summed E-state index contributed by atoms with van der Waals surface area (Å²) >= 11 is 0. The summed E-state index contributed by atoms with van der Waals surface area (Å²) in [4.78, 5) is 20.4. The number of nitrogens with zero attached hydrogens (tertiary/aromatic N) is 4. The molecule has 0 bridgehead atoms. The van der Waals surface area contributed by atoms with Crippen LogP contribution in [0.5, 0.6) is 0 Å². The number of aryl methyl sites for hydroxylation is 1. The number of hydrogen-bond acceptors (Lipinski definition) is 6. The van der Waals surface area contributed by atoms with Crippen LogP contribution in [-0.4, -0.2) is 39.2 Å². The topological polar surface area (TPSA) is 127 Å². The van der Waals surface area contributed by atoms with Gasteiger partial charge in [0.1, 0.15) is 0 Å². The van der Waals surface area contributed by atoms with Crippen LogP contribution in [0.1, 0.15) is 52.6 Å². The highest BCUT2D eigenvalue weighted by Gasteiger charge is 2.36. The lowest BCUT2D eigenvalue weighted by molar-refractivity contribution is -0.137. The number of carbonyl (C=O) groups is 1. The third-order valence-corrected chi connectivity index (χ3v) is 8.47. The van der Waals surface area contributed by atoms with E-state index in [1.165, 1.54) is 36.7 Å². The smallest absolute Gasteiger partial charge is 0.418 e. The Kier molecular flexibility index (Phi) is 9.00. The number of nitrogens with one attached hydrogen (secondary N) is 1. The zero-order chi connectivity index (χ0) is 32.2. The van der Waals surface area contributed by atoms with Gasteiger partial charge in [-0.3, -0.25) is 0 Å². The van der Waals surface area contributed by atoms with Crippen LogP contribution in [0.4, 0.5) is 19.1 Å². The van der Waals surface area contributed by atoms with E-state index >= 15 is 0 Å². The molecule has 5 rings (SSSR count). The Balaban J connectivity index is 1.52. The van der Waals surface area contributed by atoms with Crippen LogP contribution >= 0.6 is 0 Å². The second-order valence-electron chi connectivity index (χ2n) is 10.2. The number of aromatic carboxylic acids is 1. The van der Waals surface area contributed by atoms with Crippen molar-refractivity contribution in [3.63, 3.8) is 0 Å². The minimum absolute atomic E-state index is 0.00447. The number of carboxylic acid groups (broad SMARTS) is 1. The van der Waals surface area contributed by atoms with Crippen LogP contribution in [0.3, 0.4) is 0 Å². The third kappa shape index (κ3) is 6.88. The van der Waals surface area contributed by atoms with Gasteiger partial charge in [-0.25, -0.2) is 32.6 Å². The van der Waals surface area contributed by atoms with E-state index in [1.54, 1.807) is 48.5 Å². The van der Waals surface area contributed by atoms with Gasteiger partial charge in [0.05, 0.1) is 21.8 Å². The fourth-order valence-electron chi connectivity index (χ4n) is 4.99. The fourth-order valence-corrected chi connectivity index (χ4v) is 6.18. The SMILES string of the molecule is CCCCc1nn(-c2ccccc2C(F)(F)F)c(C(=O)O)c1Cc1ccc(-c2ccccc2S(=O)(=O)Nc2ncccn2)cc1. The molecule has 9 nitrogen and oxygen atoms in total. The Morgan fingerprint density at radius 3 is 2.27 bits per heavy atom. The Morgan fingerprint density at radius 2 is 1.60 bits per heavy atom. The van der Waals surface area contributed by atoms with Gasteiger partial charge in [-0.1, -0.05) is 67.9 Å². The second-order valence-corrected chi connectivity index (χ2v) is 11.8. The lowest BCUT2D eigenvalue weighted by Crippen LogP contribution is -2.16. The monoisotopic (exact) mass is 635 g/mol. The Labute approximate surface area is 257 Å². The quantitative estimate of drug-likeness (QED) is 0.164. The average Bonchev–Trinajstić information content (AvgIpc) is 3.38. The van der Waals surface area contributed by atoms with E-state index in [-0.39, 0.29) is 28.6 Å². The average molecular weight is 636 g/mol. The number of aromatic nitrogens is 4. The predicted molar refractivity (Wildman–Crippen MR) is 162 cm³/mol. The van der Waals surface area contributed by atoms with Crippen LogP contribution in [0.25, 0.3) is 16.8 Å². The molecular weight excluding hydrogens is 607 g/mol. The summed E-state index contributed by atoms with van der Waals surface area (Å²) < 4.78 is 71.3. The highest BCUT2D eigenvalue weighted by Crippen LogP contribution is 2.35. The number of rotatable bonds is 11. The lowest BCUT2D eigenvalue weighted by atomic mass is 9.97. The molecule has 2 N–H and O–H groups in total. The van der Waals surface area contributed by atoms with Crippen molar-refractivity contribution in [3.05, 3.63) is 119 Å². The maximum absolute atomic E-state index is 13.9. The van der Waals surface area contributed by atoms with E-state index in [9.17, 15) is 31.5 Å². The van der Waals surface area contributed by atoms with Crippen molar-refractivity contribution in [2.45, 2.75) is 43.7 Å². The summed E-state index contributed by atoms with van der Waals surface area (Å²) in [5, 5.41) is 14.6. The van der Waals surface area contributed by atoms with E-state index in [0.29, 0.717) is 40.8 Å². The molecule has 45 heavy (non-hydrogen) atoms. The Bertz CT molecular complexity index is 1930. The molecular formula is C32H28F3N5O4S. The van der Waals surface area contributed by atoms with Crippen molar-refractivity contribution >= 4 is 21.9 Å². The van der Waals surface area contributed by atoms with Crippen molar-refractivity contribution in [1.82, 2.24) is 19.7 Å². The number of para-hydroxylation sites is 1. The summed E-state index contributed by atoms with van der Waals surface area (Å²) in [6, 6.07) is 19.6. The molecule has 0 fully saturated rings. The number of carboxylic acids is 1. The van der Waals surface area contributed by atoms with E-state index in [2.05, 4.69) is 19.8 Å². The van der Waals surface area contributed by atoms with Crippen LogP contribution in [0.15, 0.2) is 96.2 Å². The molecule has 0 amide bonds. The largest absolute Gasteiger partial charge is 0.476 e. The summed E-state index contributed by atoms with van der Waals surface area (Å²) in [6.07, 6.45) is 0.0177. The van der Waals surface area contributed by atoms with Crippen LogP contribution in [0.2, 0.25) is 0 Å². The van der Waals surface area contributed by atoms with E-state index < -0.39 is 27.7 Å². The van der Waals surface area contributed by atoms with Gasteiger partial charge in [0.15, 0.2) is 5.69 Å². The molecule has 0 atom stereocenters. The van der Waals surface area contributed by atoms with Gasteiger partial charge in [-0.05, 0) is 48.2 Å². The van der Waals surface area contributed by atoms with Crippen molar-refractivity contribution in [2.24, 2.45) is 0 Å². The van der Waals surface area contributed by atoms with Gasteiger partial charge < -0.3 is 5.11 Å². The highest BCUT2D eigenvalue weighted by atomic mass is 32.2. The number of alkyl halides is 3. The van der Waals surface area contributed by atoms with E-state index in [1.807, 2.05) is 6.92 Å². The van der Waals surface area contributed by atoms with Gasteiger partial charge >= 0.3 is 12.1 Å². The number of sulfonamides is 1. The van der Waals surface area contributed by atoms with Crippen LogP contribution in [-0.2, 0) is 29.0 Å². The Morgan fingerprint density at radius 1 is 0.933 bits per heavy atom. The first-order valence-electron chi connectivity index (χ1n) is 14.0. The lowest BCUT2D eigenvalue weighted by Gasteiger charge is -2.14. The number of unbranched alkanes of at least 4 members (excludes halogenated alkanes) is 1. The fraction of sp³-hybridized carbons (Fsp3) is 0.188. The molecule has 0 aliphatic heterocycles. The van der Waals surface area contributed by atoms with Gasteiger partial charge in [0.2, 0.25) is 5.95 Å². The first-order chi connectivity index (χ1) is 21.5. The first-order valence-corrected chi connectivity index (χ1v) is 15.5. The molecule has 0 radical (unpaired) electrons. The highest BCUT2D eigenvalue weighted by molar-refractivity contribution is 7.92. The van der Waals surface area contributed by atoms with Crippen molar-refractivity contribution < 1.29 is 31.5 Å². The third-order valence-electron chi connectivity index (χ3n) is 7.09. The van der Waals surface area contributed by atoms with Gasteiger partial charge in [-0.15, -0.1) is 0 Å². The molecule has 0 saturated carbocycles. The Hall–Kier alpha value is -5.04. The zero-order valence-electron chi connectivity index (χ0n) is 24.0. The number of halogens is 3. The van der Waals surface area contributed by atoms with E-state index in [4.69, 9.17) is 0 Å². The van der Waals surface area contributed by atoms with Crippen molar-refractivity contribution in [2.75, 3.05) is 4.72 Å². The molecule has 0 spiro atoms. The van der Waals surface area contributed by atoms with Crippen LogP contribution in [0, 0.1) is 0 Å². The molecule has 5 aromatic rings. The minimum Gasteiger partial charge on any atom is -0.476 e. The number of anilines is 1. The van der Waals surface area contributed by atoms with E-state index in [0.717, 1.165) is 17.2 Å². The molecule has 2 heterocycles. The van der Waals surface area contributed by atoms with Crippen LogP contribution < -0.4 is 4.72 Å². The summed E-state index contributed by atoms with van der Waals surface area (Å²) in [6.45, 7) is 1.95. The maximum atomic E-state index is 13.9. The first kappa shape index (κ1) is 31.4. The summed E-state index contributed by atoms with van der Waals surface area (Å²) in [5.41, 5.74) is 0.680. The minimum atomic E-state index is -4.72. The van der Waals surface area contributed by atoms with Crippen molar-refractivity contribution in [3.8, 4) is 16.8 Å². The van der Waals surface area contributed by atoms with Gasteiger partial charge in [-0.2, -0.15) is 18.3 Å². The van der Waals surface area contributed by atoms with Gasteiger partial charge in [0, 0.05) is 29.9 Å². The summed E-state index contributed by atoms with van der Waals surface area (Å²) in [7, 11) is -4.05. The molecule has 0 unspecified atom stereocenters. The number of benzene rings is 3. The standard InChI is InChI=1S/C32H28F3N5O4S/c1-2-3-11-26-24(29(30(41)42)40(38-26)27-12-6-5-10-25(27)32(33,34)35)20-21-14-16-22(17-15-21)23-9-4-7-13-28(23)45(43,44)39-31-36-18-8-19-37-31/h4-10,12-19H,2-3,11,20H2,1H3,(H,41,42)(H,36,37,39). The number of hydrogen-bond donors (Lipinski definition) is 2. The predicted octanol–water partition coefficient (Wildman–Crippen LogP) is 6.78. The van der Waals surface area contributed by atoms with Crippen molar-refractivity contribution in [1.29, 1.82) is 0 Å². The molecule has 3 aromatic carbocycles. The van der Waals surface area contributed by atoms with Gasteiger partial charge in [0.25, 0.3) is 10.0 Å². The molecule has 13 heteroatoms. The molecule has 0 aliphatic rings. The molecule has 2 aromatic heterocycles. The summed E-state index contributed by atoms with van der Waals surface area (Å²) in [5.74, 6) is -1.47.